The van der Waals surface area contributed by atoms with E-state index < -0.39 is 30.8 Å². The molecule has 2 rings (SSSR count). The van der Waals surface area contributed by atoms with Crippen molar-refractivity contribution in [3.05, 3.63) is 48.5 Å². The fourth-order valence-corrected chi connectivity index (χ4v) is 4.85. The van der Waals surface area contributed by atoms with Crippen molar-refractivity contribution < 1.29 is 28.2 Å². The lowest BCUT2D eigenvalue weighted by molar-refractivity contribution is 0.0624. The molecule has 9 heteroatoms. The highest BCUT2D eigenvalue weighted by molar-refractivity contribution is 7.74. The van der Waals surface area contributed by atoms with Gasteiger partial charge in [-0.3, -0.25) is 15.2 Å². The number of hydrogen-bond donors (Lipinski definition) is 2. The Bertz CT molecular complexity index is 928. The summed E-state index contributed by atoms with van der Waals surface area (Å²) in [5.41, 5.74) is -0.209. The van der Waals surface area contributed by atoms with Crippen molar-refractivity contribution in [1.82, 2.24) is 0 Å². The molecule has 0 aliphatic heterocycles. The van der Waals surface area contributed by atoms with Gasteiger partial charge in [-0.15, -0.1) is 0 Å². The Morgan fingerprint density at radius 3 is 1.33 bits per heavy atom. The van der Waals surface area contributed by atoms with E-state index >= 15 is 0 Å². The predicted octanol–water partition coefficient (Wildman–Crippen LogP) is 5.65. The van der Waals surface area contributed by atoms with Gasteiger partial charge in [0.15, 0.2) is 0 Å². The Kier molecular flexibility index (Phi) is 8.33. The van der Waals surface area contributed by atoms with Crippen LogP contribution in [0.1, 0.15) is 48.5 Å². The molecule has 0 saturated heterocycles. The van der Waals surface area contributed by atoms with Crippen LogP contribution in [0.5, 0.6) is 0 Å². The van der Waals surface area contributed by atoms with Crippen LogP contribution in [-0.4, -0.2) is 30.0 Å². The zero-order chi connectivity index (χ0) is 24.9. The van der Waals surface area contributed by atoms with Gasteiger partial charge in [0.05, 0.1) is 6.61 Å². The minimum absolute atomic E-state index is 0.243. The first-order chi connectivity index (χ1) is 15.2. The fourth-order valence-electron chi connectivity index (χ4n) is 2.80. The summed E-state index contributed by atoms with van der Waals surface area (Å²) in [5.74, 6) is 0. The lowest BCUT2D eigenvalue weighted by Crippen LogP contribution is -2.27. The van der Waals surface area contributed by atoms with Gasteiger partial charge in [-0.1, -0.05) is 0 Å². The number of nitrogens with one attached hydrogen (secondary N) is 2. The van der Waals surface area contributed by atoms with Gasteiger partial charge in [0.2, 0.25) is 0 Å². The molecule has 2 aromatic carbocycles. The summed E-state index contributed by atoms with van der Waals surface area (Å²) < 4.78 is 30.0. The Morgan fingerprint density at radius 2 is 1.06 bits per heavy atom. The summed E-state index contributed by atoms with van der Waals surface area (Å²) in [7, 11) is -3.39. The number of hydrogen-bond acceptors (Lipinski definition) is 6. The summed E-state index contributed by atoms with van der Waals surface area (Å²) >= 11 is 0. The van der Waals surface area contributed by atoms with Crippen LogP contribution in [-0.2, 0) is 18.6 Å². The molecule has 2 aromatic rings. The van der Waals surface area contributed by atoms with E-state index in [0.717, 1.165) is 0 Å². The van der Waals surface area contributed by atoms with Crippen LogP contribution in [0.3, 0.4) is 0 Å². The van der Waals surface area contributed by atoms with E-state index in [2.05, 4.69) is 10.6 Å². The highest BCUT2D eigenvalue weighted by Crippen LogP contribution is 2.44. The van der Waals surface area contributed by atoms with Gasteiger partial charge in [-0.25, -0.2) is 9.59 Å². The van der Waals surface area contributed by atoms with Crippen LogP contribution in [0, 0.1) is 0 Å². The minimum Gasteiger partial charge on any atom is -0.444 e. The van der Waals surface area contributed by atoms with Crippen LogP contribution < -0.4 is 21.2 Å². The molecule has 0 radical (unpaired) electrons. The van der Waals surface area contributed by atoms with E-state index in [1.165, 1.54) is 0 Å². The third-order valence-corrected chi connectivity index (χ3v) is 6.59. The summed E-state index contributed by atoms with van der Waals surface area (Å²) in [4.78, 5) is 23.9. The van der Waals surface area contributed by atoms with Crippen molar-refractivity contribution in [2.75, 3.05) is 17.2 Å². The highest BCUT2D eigenvalue weighted by atomic mass is 31.2. The van der Waals surface area contributed by atoms with Crippen LogP contribution in [0.2, 0.25) is 0 Å². The van der Waals surface area contributed by atoms with Crippen molar-refractivity contribution in [2.45, 2.75) is 59.7 Å². The van der Waals surface area contributed by atoms with Gasteiger partial charge in [-0.2, -0.15) is 0 Å². The number of amides is 2. The van der Waals surface area contributed by atoms with Crippen LogP contribution in [0.4, 0.5) is 21.0 Å². The molecule has 0 spiro atoms. The van der Waals surface area contributed by atoms with E-state index in [1.54, 1.807) is 97.0 Å². The number of rotatable bonds is 6. The Morgan fingerprint density at radius 1 is 0.727 bits per heavy atom. The number of anilines is 2. The number of carbonyl (C=O) groups excluding carboxylic acids is 2. The van der Waals surface area contributed by atoms with Crippen LogP contribution in [0.25, 0.3) is 0 Å². The van der Waals surface area contributed by atoms with Gasteiger partial charge < -0.3 is 14.0 Å². The molecule has 8 nitrogen and oxygen atoms in total. The molecule has 0 aromatic heterocycles. The first-order valence-electron chi connectivity index (χ1n) is 10.7. The number of ether oxygens (including phenoxy) is 2. The van der Waals surface area contributed by atoms with Gasteiger partial charge in [0.1, 0.15) is 11.2 Å². The summed E-state index contributed by atoms with van der Waals surface area (Å²) in [5, 5.41) is 6.25. The molecule has 0 heterocycles. The molecule has 0 atom stereocenters. The first kappa shape index (κ1) is 26.4. The van der Waals surface area contributed by atoms with Gasteiger partial charge in [-0.05, 0) is 97.0 Å². The molecule has 180 valence electrons. The second-order valence-corrected chi connectivity index (χ2v) is 11.7. The standard InChI is InChI=1S/C24H33N2O6P/c1-8-30-33(29,19-13-9-17(10-14-19)25-21(27)31-23(2,3)4)20-15-11-18(12-16-20)26-22(28)32-24(5,6)7/h9-16H,8H2,1-7H3,(H,25,27)(H,26,28). The molecule has 33 heavy (non-hydrogen) atoms. The Labute approximate surface area is 195 Å². The SMILES string of the molecule is CCOP(=O)(c1ccc(NC(=O)OC(C)(C)C)cc1)c1ccc(NC(=O)OC(C)(C)C)cc1. The predicted molar refractivity (Wildman–Crippen MR) is 131 cm³/mol. The summed E-state index contributed by atoms with van der Waals surface area (Å²) in [6, 6.07) is 13.2. The van der Waals surface area contributed by atoms with E-state index in [1.807, 2.05) is 0 Å². The van der Waals surface area contributed by atoms with Crippen molar-refractivity contribution in [3.63, 3.8) is 0 Å². The summed E-state index contributed by atoms with van der Waals surface area (Å²) in [6.07, 6.45) is -1.15. The largest absolute Gasteiger partial charge is 0.444 e. The summed E-state index contributed by atoms with van der Waals surface area (Å²) in [6.45, 7) is 12.7. The third kappa shape index (κ3) is 8.22. The smallest absolute Gasteiger partial charge is 0.412 e. The fraction of sp³-hybridized carbons (Fsp3) is 0.417. The van der Waals surface area contributed by atoms with Crippen LogP contribution in [0.15, 0.2) is 48.5 Å². The normalized spacial score (nSPS) is 12.1. The van der Waals surface area contributed by atoms with Crippen molar-refractivity contribution in [2.24, 2.45) is 0 Å². The molecule has 0 fully saturated rings. The van der Waals surface area contributed by atoms with E-state index in [9.17, 15) is 14.2 Å². The quantitative estimate of drug-likeness (QED) is 0.523. The number of benzene rings is 2. The zero-order valence-corrected chi connectivity index (χ0v) is 21.1. The lowest BCUT2D eigenvalue weighted by Gasteiger charge is -2.21. The van der Waals surface area contributed by atoms with E-state index in [-0.39, 0.29) is 6.61 Å². The Hall–Kier alpha value is -2.83. The molecule has 0 bridgehead atoms. The average Bonchev–Trinajstić information content (AvgIpc) is 2.66. The van der Waals surface area contributed by atoms with Crippen molar-refractivity contribution in [3.8, 4) is 0 Å². The zero-order valence-electron chi connectivity index (χ0n) is 20.2. The molecule has 0 aliphatic rings. The molecule has 0 unspecified atom stereocenters. The van der Waals surface area contributed by atoms with Crippen molar-refractivity contribution >= 4 is 41.5 Å². The molecular weight excluding hydrogens is 443 g/mol. The lowest BCUT2D eigenvalue weighted by atomic mass is 10.2. The molecular formula is C24H33N2O6P. The van der Waals surface area contributed by atoms with Gasteiger partial charge in [0.25, 0.3) is 7.37 Å². The van der Waals surface area contributed by atoms with Crippen molar-refractivity contribution in [1.29, 1.82) is 0 Å². The topological polar surface area (TPSA) is 103 Å². The van der Waals surface area contributed by atoms with Crippen LogP contribution >= 0.6 is 7.37 Å². The second kappa shape index (κ2) is 10.4. The van der Waals surface area contributed by atoms with Gasteiger partial charge >= 0.3 is 12.2 Å². The maximum absolute atomic E-state index is 13.8. The van der Waals surface area contributed by atoms with E-state index in [0.29, 0.717) is 22.0 Å². The average molecular weight is 477 g/mol. The molecule has 0 saturated carbocycles. The molecule has 2 N–H and O–H groups in total. The maximum atomic E-state index is 13.8. The third-order valence-electron chi connectivity index (χ3n) is 4.02. The Balaban J connectivity index is 2.19. The molecule has 2 amide bonds. The second-order valence-electron chi connectivity index (χ2n) is 9.32. The maximum Gasteiger partial charge on any atom is 0.412 e. The van der Waals surface area contributed by atoms with Gasteiger partial charge in [0, 0.05) is 22.0 Å². The van der Waals surface area contributed by atoms with E-state index in [4.69, 9.17) is 14.0 Å². The molecule has 0 aliphatic carbocycles. The highest BCUT2D eigenvalue weighted by Gasteiger charge is 2.28. The first-order valence-corrected chi connectivity index (χ1v) is 12.3. The number of carbonyl (C=O) groups is 2. The minimum atomic E-state index is -3.39. The monoisotopic (exact) mass is 476 g/mol.